The van der Waals surface area contributed by atoms with Crippen LogP contribution in [0.15, 0.2) is 29.2 Å². The second-order valence-electron chi connectivity index (χ2n) is 23.1. The molecule has 0 amide bonds. The van der Waals surface area contributed by atoms with Gasteiger partial charge in [0.1, 0.15) is 0 Å². The summed E-state index contributed by atoms with van der Waals surface area (Å²) in [6.07, 6.45) is 32.4. The fraction of sp³-hybridized carbons (Fsp3) is 0.889. The predicted molar refractivity (Wildman–Crippen MR) is 283 cm³/mol. The summed E-state index contributed by atoms with van der Waals surface area (Å²) < 4.78 is 0. The Kier molecular flexibility index (Phi) is 18.0. The van der Waals surface area contributed by atoms with Gasteiger partial charge in [0.2, 0.25) is 0 Å². The first-order valence-electron chi connectivity index (χ1n) is 28.2. The van der Waals surface area contributed by atoms with Crippen molar-refractivity contribution >= 4 is 58.2 Å². The molecular formula is C54H88Cl4N8S. The van der Waals surface area contributed by atoms with Crippen LogP contribution in [0.1, 0.15) is 179 Å². The summed E-state index contributed by atoms with van der Waals surface area (Å²) in [6.45, 7) is 4.67. The Bertz CT molecular complexity index is 1720. The van der Waals surface area contributed by atoms with E-state index in [4.69, 9.17) is 46.4 Å². The number of hydrogen-bond donors (Lipinski definition) is 8. The van der Waals surface area contributed by atoms with E-state index in [0.717, 1.165) is 6.42 Å². The molecule has 4 aliphatic carbocycles. The highest BCUT2D eigenvalue weighted by Crippen LogP contribution is 2.53. The van der Waals surface area contributed by atoms with Gasteiger partial charge in [-0.3, -0.25) is 42.5 Å². The molecule has 22 atom stereocenters. The lowest BCUT2D eigenvalue weighted by molar-refractivity contribution is 0.171. The van der Waals surface area contributed by atoms with E-state index >= 15 is 0 Å². The molecule has 1 aromatic carbocycles. The number of unbranched alkanes of at least 4 members (excludes halogenated alkanes) is 9. The van der Waals surface area contributed by atoms with Crippen molar-refractivity contribution in [1.29, 1.82) is 0 Å². The Morgan fingerprint density at radius 3 is 1.48 bits per heavy atom. The second kappa shape index (κ2) is 23.7. The summed E-state index contributed by atoms with van der Waals surface area (Å²) in [5, 5.41) is 33.3. The highest BCUT2D eigenvalue weighted by atomic mass is 35.5. The maximum atomic E-state index is 7.76. The number of thioether (sulfide) groups is 1. The normalized spacial score (nSPS) is 45.3. The molecule has 67 heavy (non-hydrogen) atoms. The van der Waals surface area contributed by atoms with Gasteiger partial charge in [0.25, 0.3) is 0 Å². The van der Waals surface area contributed by atoms with Crippen molar-refractivity contribution in [1.82, 2.24) is 42.5 Å². The van der Waals surface area contributed by atoms with Gasteiger partial charge in [0.15, 0.2) is 0 Å². The third-order valence-corrected chi connectivity index (χ3v) is 23.2. The smallest absolute Gasteiger partial charge is 0.0678 e. The Morgan fingerprint density at radius 2 is 0.910 bits per heavy atom. The van der Waals surface area contributed by atoms with Crippen LogP contribution >= 0.6 is 58.2 Å². The van der Waals surface area contributed by atoms with Crippen LogP contribution in [-0.4, -0.2) is 76.1 Å². The standard InChI is InChI=1S/C54H88Cl4N8S/c1-3-5-6-7-8-9-10-11-12-13-22-31(21-4-2)32-23-18-19-30-39(32)67-46-42-41(43(56)44(57)45(46)58)53-65-52-40-37(28-20-29-38(40)55)51(64-52)62-49-34-25-15-14-24-33(34)47(60-49)59-48-35-26-16-17-27-36(35)50(61-48)63-54(42)66-53/h18-19,23,30-31,33-38,40-54,59-66H,3-17,20-22,24-29H2,1-2H3. The molecule has 8 nitrogen and oxygen atoms in total. The Hall–Kier alpha value is 0.410. The summed E-state index contributed by atoms with van der Waals surface area (Å²) in [6, 6.07) is 9.33. The van der Waals surface area contributed by atoms with E-state index in [1.54, 1.807) is 0 Å². The van der Waals surface area contributed by atoms with Crippen LogP contribution in [0.4, 0.5) is 0 Å². The molecule has 9 fully saturated rings. The van der Waals surface area contributed by atoms with Crippen LogP contribution < -0.4 is 42.5 Å². The Balaban J connectivity index is 0.931. The summed E-state index contributed by atoms with van der Waals surface area (Å²) in [5.41, 5.74) is 1.50. The zero-order valence-electron chi connectivity index (χ0n) is 40.9. The van der Waals surface area contributed by atoms with E-state index in [1.807, 2.05) is 11.8 Å². The molecule has 5 aliphatic heterocycles. The third kappa shape index (κ3) is 11.0. The number of hydrogen-bond acceptors (Lipinski definition) is 9. The molecule has 0 aromatic heterocycles. The quantitative estimate of drug-likeness (QED) is 0.0609. The van der Waals surface area contributed by atoms with E-state index in [0.29, 0.717) is 47.6 Å². The van der Waals surface area contributed by atoms with Gasteiger partial charge in [-0.15, -0.1) is 58.2 Å². The van der Waals surface area contributed by atoms with Crippen LogP contribution in [0.25, 0.3) is 0 Å². The lowest BCUT2D eigenvalue weighted by Gasteiger charge is -2.46. The molecular weight excluding hydrogens is 935 g/mol. The average molecular weight is 1020 g/mol. The second-order valence-corrected chi connectivity index (χ2v) is 26.4. The van der Waals surface area contributed by atoms with Crippen LogP contribution in [-0.2, 0) is 0 Å². The number of halogens is 4. The van der Waals surface area contributed by atoms with Gasteiger partial charge < -0.3 is 0 Å². The molecule has 8 bridgehead atoms. The van der Waals surface area contributed by atoms with E-state index < -0.39 is 0 Å². The largest absolute Gasteiger partial charge is 0.286 e. The zero-order valence-corrected chi connectivity index (χ0v) is 44.7. The van der Waals surface area contributed by atoms with Crippen LogP contribution in [0.3, 0.4) is 0 Å². The maximum Gasteiger partial charge on any atom is 0.0678 e. The molecule has 1 aromatic rings. The monoisotopic (exact) mass is 1020 g/mol. The van der Waals surface area contributed by atoms with Crippen LogP contribution in [0.2, 0.25) is 0 Å². The number of benzene rings is 1. The first kappa shape index (κ1) is 50.9. The summed E-state index contributed by atoms with van der Waals surface area (Å²) in [5.74, 6) is 3.90. The van der Waals surface area contributed by atoms with Gasteiger partial charge in [-0.05, 0) is 98.5 Å². The first-order valence-corrected chi connectivity index (χ1v) is 30.9. The lowest BCUT2D eigenvalue weighted by atomic mass is 9.75. The number of nitrogens with one attached hydrogen (secondary N) is 8. The van der Waals surface area contributed by atoms with E-state index in [2.05, 4.69) is 80.6 Å². The Labute approximate surface area is 430 Å². The van der Waals surface area contributed by atoms with E-state index in [-0.39, 0.29) is 81.8 Å². The van der Waals surface area contributed by atoms with Gasteiger partial charge in [-0.25, -0.2) is 0 Å². The Morgan fingerprint density at radius 1 is 0.448 bits per heavy atom. The summed E-state index contributed by atoms with van der Waals surface area (Å²) >= 11 is 32.5. The molecule has 8 N–H and O–H groups in total. The molecule has 5 saturated heterocycles. The SMILES string of the molecule is CCCCCCCCCCCCC(CCC)c1ccccc1SC1C(Cl)C(Cl)C(Cl)C2C3NC4NC(NC5NC(NC6NC(NC(N3)C12)C1CCCCC61)C1CCCCC51)C1CCCC(Cl)C41. The van der Waals surface area contributed by atoms with Crippen molar-refractivity contribution in [3.05, 3.63) is 29.8 Å². The first-order chi connectivity index (χ1) is 32.8. The van der Waals surface area contributed by atoms with Gasteiger partial charge >= 0.3 is 0 Å². The average Bonchev–Trinajstić information content (AvgIpc) is 4.09. The van der Waals surface area contributed by atoms with E-state index in [1.165, 1.54) is 158 Å². The molecule has 5 heterocycles. The van der Waals surface area contributed by atoms with Crippen molar-refractivity contribution in [3.8, 4) is 0 Å². The van der Waals surface area contributed by atoms with E-state index in [9.17, 15) is 0 Å². The molecule has 9 aliphatic rings. The predicted octanol–water partition coefficient (Wildman–Crippen LogP) is 11.4. The topological polar surface area (TPSA) is 96.2 Å². The highest BCUT2D eigenvalue weighted by molar-refractivity contribution is 8.00. The van der Waals surface area contributed by atoms with Crippen molar-refractivity contribution in [2.24, 2.45) is 47.3 Å². The van der Waals surface area contributed by atoms with Crippen molar-refractivity contribution in [2.45, 2.75) is 255 Å². The van der Waals surface area contributed by atoms with Crippen LogP contribution in [0, 0.1) is 47.3 Å². The fourth-order valence-electron chi connectivity index (χ4n) is 15.8. The van der Waals surface area contributed by atoms with Gasteiger partial charge in [0, 0.05) is 33.3 Å². The molecule has 13 heteroatoms. The molecule has 0 spiro atoms. The minimum atomic E-state index is -0.369. The lowest BCUT2D eigenvalue weighted by Crippen LogP contribution is -2.62. The third-order valence-electron chi connectivity index (χ3n) is 19.1. The maximum absolute atomic E-state index is 7.76. The minimum Gasteiger partial charge on any atom is -0.286 e. The summed E-state index contributed by atoms with van der Waals surface area (Å²) in [4.78, 5) is 1.38. The number of alkyl halides is 4. The number of rotatable bonds is 16. The fourth-order valence-corrected chi connectivity index (χ4v) is 19.4. The van der Waals surface area contributed by atoms with Crippen molar-refractivity contribution in [2.75, 3.05) is 0 Å². The van der Waals surface area contributed by atoms with Crippen LogP contribution in [0.5, 0.6) is 0 Å². The molecule has 378 valence electrons. The molecule has 10 rings (SSSR count). The van der Waals surface area contributed by atoms with Gasteiger partial charge in [-0.2, -0.15) is 0 Å². The van der Waals surface area contributed by atoms with Gasteiger partial charge in [-0.1, -0.05) is 135 Å². The summed E-state index contributed by atoms with van der Waals surface area (Å²) in [7, 11) is 0. The van der Waals surface area contributed by atoms with Crippen molar-refractivity contribution in [3.63, 3.8) is 0 Å². The highest BCUT2D eigenvalue weighted by Gasteiger charge is 2.61. The molecule has 0 radical (unpaired) electrons. The molecule has 4 saturated carbocycles. The molecule has 22 unspecified atom stereocenters. The van der Waals surface area contributed by atoms with Crippen molar-refractivity contribution < 1.29 is 0 Å². The zero-order chi connectivity index (χ0) is 46.0. The number of fused-ring (bicyclic) bond motifs is 20. The van der Waals surface area contributed by atoms with Gasteiger partial charge in [0.05, 0.1) is 65.5 Å². The minimum absolute atomic E-state index is 0.00960.